The van der Waals surface area contributed by atoms with Gasteiger partial charge in [-0.15, -0.1) is 0 Å². The van der Waals surface area contributed by atoms with E-state index in [0.29, 0.717) is 11.6 Å². The van der Waals surface area contributed by atoms with E-state index in [1.807, 2.05) is 28.6 Å². The predicted octanol–water partition coefficient (Wildman–Crippen LogP) is 3.73. The third kappa shape index (κ3) is 3.05. The third-order valence-corrected chi connectivity index (χ3v) is 5.26. The van der Waals surface area contributed by atoms with Crippen LogP contribution in [-0.2, 0) is 13.5 Å². The lowest BCUT2D eigenvalue weighted by molar-refractivity contribution is 0.0778. The van der Waals surface area contributed by atoms with Crippen LogP contribution in [0.4, 0.5) is 4.39 Å². The molecule has 4 nitrogen and oxygen atoms in total. The van der Waals surface area contributed by atoms with Gasteiger partial charge in [0.2, 0.25) is 0 Å². The normalized spacial score (nSPS) is 17.2. The quantitative estimate of drug-likeness (QED) is 0.781. The van der Waals surface area contributed by atoms with Crippen molar-refractivity contribution in [3.63, 3.8) is 0 Å². The Bertz CT molecular complexity index is 962. The van der Waals surface area contributed by atoms with Crippen molar-refractivity contribution >= 4 is 16.8 Å². The molecule has 1 fully saturated rings. The van der Waals surface area contributed by atoms with Gasteiger partial charge in [0.1, 0.15) is 17.3 Å². The first-order valence-corrected chi connectivity index (χ1v) is 8.83. The number of hydrogen-bond acceptors (Lipinski definition) is 2. The van der Waals surface area contributed by atoms with Gasteiger partial charge in [-0.2, -0.15) is 0 Å². The number of nitrogens with zero attached hydrogens (tertiary/aromatic N) is 2. The molecule has 0 spiro atoms. The Morgan fingerprint density at radius 2 is 1.96 bits per heavy atom. The molecule has 134 valence electrons. The number of aryl methyl sites for hydroxylation is 1. The molecule has 1 atom stereocenters. The number of aromatic nitrogens is 1. The molecule has 2 heterocycles. The molecule has 1 saturated heterocycles. The molecule has 5 heteroatoms. The second-order valence-electron chi connectivity index (χ2n) is 7.07. The number of hydrogen-bond donors (Lipinski definition) is 1. The molecular formula is C21H21FN2O2. The predicted molar refractivity (Wildman–Crippen MR) is 98.7 cm³/mol. The minimum absolute atomic E-state index is 0.00249. The average Bonchev–Trinajstić information content (AvgIpc) is 3.21. The van der Waals surface area contributed by atoms with Crippen molar-refractivity contribution < 1.29 is 14.3 Å². The first kappa shape index (κ1) is 16.6. The summed E-state index contributed by atoms with van der Waals surface area (Å²) in [4.78, 5) is 14.8. The Morgan fingerprint density at radius 1 is 1.19 bits per heavy atom. The molecule has 1 aliphatic rings. The number of phenolic OH excluding ortho intramolecular Hbond substituents is 1. The highest BCUT2D eigenvalue weighted by molar-refractivity contribution is 5.98. The third-order valence-electron chi connectivity index (χ3n) is 5.26. The van der Waals surface area contributed by atoms with E-state index in [-0.39, 0.29) is 17.5 Å². The highest BCUT2D eigenvalue weighted by atomic mass is 19.1. The second-order valence-corrected chi connectivity index (χ2v) is 7.07. The van der Waals surface area contributed by atoms with Gasteiger partial charge in [-0.1, -0.05) is 12.1 Å². The van der Waals surface area contributed by atoms with Crippen LogP contribution in [0.2, 0.25) is 0 Å². The van der Waals surface area contributed by atoms with Crippen molar-refractivity contribution in [2.24, 2.45) is 13.0 Å². The number of likely N-dealkylation sites (tertiary alicyclic amines) is 1. The lowest BCUT2D eigenvalue weighted by atomic mass is 9.99. The number of carbonyl (C=O) groups is 1. The highest BCUT2D eigenvalue weighted by Gasteiger charge is 2.28. The smallest absolute Gasteiger partial charge is 0.270 e. The SMILES string of the molecule is Cn1c(C(=O)N2CCC(Cc3ccc(O)cc3)C2)cc2cc(F)ccc21. The maximum absolute atomic E-state index is 13.4. The summed E-state index contributed by atoms with van der Waals surface area (Å²) in [5, 5.41) is 10.1. The van der Waals surface area contributed by atoms with Gasteiger partial charge in [-0.05, 0) is 60.7 Å². The van der Waals surface area contributed by atoms with Crippen LogP contribution in [-0.4, -0.2) is 33.6 Å². The van der Waals surface area contributed by atoms with Crippen molar-refractivity contribution in [1.82, 2.24) is 9.47 Å². The number of aromatic hydroxyl groups is 1. The van der Waals surface area contributed by atoms with Crippen molar-refractivity contribution in [1.29, 1.82) is 0 Å². The fourth-order valence-electron chi connectivity index (χ4n) is 3.84. The summed E-state index contributed by atoms with van der Waals surface area (Å²) in [6, 6.07) is 13.6. The van der Waals surface area contributed by atoms with Crippen molar-refractivity contribution in [2.75, 3.05) is 13.1 Å². The zero-order valence-corrected chi connectivity index (χ0v) is 14.7. The summed E-state index contributed by atoms with van der Waals surface area (Å²) >= 11 is 0. The number of carbonyl (C=O) groups excluding carboxylic acids is 1. The van der Waals surface area contributed by atoms with Crippen molar-refractivity contribution in [3.8, 4) is 5.75 Å². The van der Waals surface area contributed by atoms with Gasteiger partial charge in [-0.3, -0.25) is 4.79 Å². The van der Waals surface area contributed by atoms with Gasteiger partial charge in [0.15, 0.2) is 0 Å². The Hall–Kier alpha value is -2.82. The zero-order valence-electron chi connectivity index (χ0n) is 14.7. The molecule has 1 aliphatic heterocycles. The van der Waals surface area contributed by atoms with Crippen LogP contribution >= 0.6 is 0 Å². The maximum atomic E-state index is 13.4. The van der Waals surface area contributed by atoms with Gasteiger partial charge in [0, 0.05) is 31.0 Å². The van der Waals surface area contributed by atoms with Crippen LogP contribution in [0.3, 0.4) is 0 Å². The largest absolute Gasteiger partial charge is 0.508 e. The van der Waals surface area contributed by atoms with Gasteiger partial charge < -0.3 is 14.6 Å². The average molecular weight is 352 g/mol. The standard InChI is InChI=1S/C21H21FN2O2/c1-23-19-7-4-17(22)11-16(19)12-20(23)21(26)24-9-8-15(13-24)10-14-2-5-18(25)6-3-14/h2-7,11-12,15,25H,8-10,13H2,1H3. The number of benzene rings is 2. The van der Waals surface area contributed by atoms with E-state index in [1.54, 1.807) is 24.3 Å². The summed E-state index contributed by atoms with van der Waals surface area (Å²) in [7, 11) is 1.84. The molecule has 2 aromatic carbocycles. The second kappa shape index (κ2) is 6.48. The lowest BCUT2D eigenvalue weighted by Gasteiger charge is -2.17. The molecule has 1 N–H and O–H groups in total. The van der Waals surface area contributed by atoms with E-state index in [1.165, 1.54) is 17.7 Å². The summed E-state index contributed by atoms with van der Waals surface area (Å²) in [5.74, 6) is 0.384. The molecule has 0 aliphatic carbocycles. The van der Waals surface area contributed by atoms with Crippen LogP contribution in [0.25, 0.3) is 10.9 Å². The van der Waals surface area contributed by atoms with Gasteiger partial charge >= 0.3 is 0 Å². The molecular weight excluding hydrogens is 331 g/mol. The van der Waals surface area contributed by atoms with Gasteiger partial charge in [0.05, 0.1) is 0 Å². The van der Waals surface area contributed by atoms with Crippen LogP contribution < -0.4 is 0 Å². The minimum Gasteiger partial charge on any atom is -0.508 e. The van der Waals surface area contributed by atoms with Crippen molar-refractivity contribution in [3.05, 3.63) is 65.6 Å². The minimum atomic E-state index is -0.294. The molecule has 1 unspecified atom stereocenters. The Balaban J connectivity index is 1.49. The summed E-state index contributed by atoms with van der Waals surface area (Å²) in [6.07, 6.45) is 1.86. The number of halogens is 1. The Labute approximate surface area is 151 Å². The number of fused-ring (bicyclic) bond motifs is 1. The topological polar surface area (TPSA) is 45.5 Å². The Morgan fingerprint density at radius 3 is 2.73 bits per heavy atom. The lowest BCUT2D eigenvalue weighted by Crippen LogP contribution is -2.30. The molecule has 0 saturated carbocycles. The van der Waals surface area contributed by atoms with E-state index in [0.717, 1.165) is 36.8 Å². The number of phenols is 1. The van der Waals surface area contributed by atoms with Gasteiger partial charge in [-0.25, -0.2) is 4.39 Å². The number of rotatable bonds is 3. The van der Waals surface area contributed by atoms with Crippen LogP contribution in [0.1, 0.15) is 22.5 Å². The molecule has 1 aromatic heterocycles. The van der Waals surface area contributed by atoms with Crippen LogP contribution in [0.5, 0.6) is 5.75 Å². The van der Waals surface area contributed by atoms with E-state index in [4.69, 9.17) is 0 Å². The first-order chi connectivity index (χ1) is 12.5. The van der Waals surface area contributed by atoms with Crippen LogP contribution in [0, 0.1) is 11.7 Å². The molecule has 3 aromatic rings. The molecule has 0 bridgehead atoms. The maximum Gasteiger partial charge on any atom is 0.270 e. The van der Waals surface area contributed by atoms with Gasteiger partial charge in [0.25, 0.3) is 5.91 Å². The molecule has 0 radical (unpaired) electrons. The fraction of sp³-hybridized carbons (Fsp3) is 0.286. The fourth-order valence-corrected chi connectivity index (χ4v) is 3.84. The summed E-state index contributed by atoms with van der Waals surface area (Å²) < 4.78 is 15.3. The first-order valence-electron chi connectivity index (χ1n) is 8.83. The van der Waals surface area contributed by atoms with E-state index in [9.17, 15) is 14.3 Å². The number of amides is 1. The Kier molecular flexibility index (Phi) is 4.15. The van der Waals surface area contributed by atoms with Crippen molar-refractivity contribution in [2.45, 2.75) is 12.8 Å². The summed E-state index contributed by atoms with van der Waals surface area (Å²) in [5.41, 5.74) is 2.62. The summed E-state index contributed by atoms with van der Waals surface area (Å²) in [6.45, 7) is 1.45. The zero-order chi connectivity index (χ0) is 18.3. The monoisotopic (exact) mass is 352 g/mol. The molecule has 26 heavy (non-hydrogen) atoms. The molecule has 1 amide bonds. The highest BCUT2D eigenvalue weighted by Crippen LogP contribution is 2.26. The molecule has 4 rings (SSSR count). The van der Waals surface area contributed by atoms with E-state index in [2.05, 4.69) is 0 Å². The van der Waals surface area contributed by atoms with E-state index < -0.39 is 0 Å². The van der Waals surface area contributed by atoms with Crippen LogP contribution in [0.15, 0.2) is 48.5 Å². The van der Waals surface area contributed by atoms with E-state index >= 15 is 0 Å².